The van der Waals surface area contributed by atoms with E-state index in [0.29, 0.717) is 50.8 Å². The molecule has 22 heteroatoms. The molecule has 70 heavy (non-hydrogen) atoms. The zero-order chi connectivity index (χ0) is 50.6. The normalized spacial score (nSPS) is 18.2. The SMILES string of the molecule is COc1cc(Nc2cc(Oc3ccc(NC(=O)Nc4cc(C(C)(C)C)cc(NS(C)(=O)=O)c4OC)c4ccccc34)ccn2)ccc1C(=O)NCCOCCOCCOC1O[C@H](CO)[C@H](O)[C@H](O)[C@H]1O. The highest BCUT2D eigenvalue weighted by Crippen LogP contribution is 2.40. The maximum Gasteiger partial charge on any atom is 0.323 e. The molecule has 2 heterocycles. The molecule has 1 unspecified atom stereocenters. The second kappa shape index (κ2) is 24.0. The number of carbonyl (C=O) groups excluding carboxylic acids is 2. The van der Waals surface area contributed by atoms with Crippen LogP contribution in [0.1, 0.15) is 36.7 Å². The topological polar surface area (TPSA) is 287 Å². The number of carbonyl (C=O) groups is 2. The molecule has 0 aliphatic carbocycles. The number of rotatable bonds is 22. The number of anilines is 5. The second-order valence-electron chi connectivity index (χ2n) is 17.0. The van der Waals surface area contributed by atoms with E-state index < -0.39 is 58.8 Å². The van der Waals surface area contributed by atoms with Crippen molar-refractivity contribution in [2.75, 3.05) is 87.3 Å². The summed E-state index contributed by atoms with van der Waals surface area (Å²) in [6.07, 6.45) is -4.17. The van der Waals surface area contributed by atoms with Crippen molar-refractivity contribution in [2.24, 2.45) is 0 Å². The smallest absolute Gasteiger partial charge is 0.323 e. The highest BCUT2D eigenvalue weighted by molar-refractivity contribution is 7.92. The van der Waals surface area contributed by atoms with Gasteiger partial charge in [0, 0.05) is 41.3 Å². The Bertz CT molecular complexity index is 2700. The lowest BCUT2D eigenvalue weighted by molar-refractivity contribution is -0.302. The molecule has 5 aromatic rings. The molecule has 4 aromatic carbocycles. The summed E-state index contributed by atoms with van der Waals surface area (Å²) >= 11 is 0. The van der Waals surface area contributed by atoms with Crippen LogP contribution in [-0.4, -0.2) is 143 Å². The summed E-state index contributed by atoms with van der Waals surface area (Å²) in [6, 6.07) is 22.1. The van der Waals surface area contributed by atoms with Crippen LogP contribution >= 0.6 is 0 Å². The predicted molar refractivity (Wildman–Crippen MR) is 261 cm³/mol. The van der Waals surface area contributed by atoms with E-state index in [1.165, 1.54) is 14.2 Å². The molecular weight excluding hydrogens is 933 g/mol. The van der Waals surface area contributed by atoms with Gasteiger partial charge in [0.1, 0.15) is 47.5 Å². The van der Waals surface area contributed by atoms with E-state index in [2.05, 4.69) is 31.0 Å². The number of benzene rings is 4. The van der Waals surface area contributed by atoms with Crippen molar-refractivity contribution >= 4 is 61.3 Å². The maximum absolute atomic E-state index is 13.6. The highest BCUT2D eigenvalue weighted by Gasteiger charge is 2.44. The van der Waals surface area contributed by atoms with Crippen molar-refractivity contribution in [3.05, 3.63) is 96.2 Å². The number of urea groups is 1. The van der Waals surface area contributed by atoms with Gasteiger partial charge in [-0.15, -0.1) is 0 Å². The van der Waals surface area contributed by atoms with E-state index in [1.54, 1.807) is 60.8 Å². The third-order valence-electron chi connectivity index (χ3n) is 10.8. The molecule has 1 aliphatic rings. The average Bonchev–Trinajstić information content (AvgIpc) is 3.32. The van der Waals surface area contributed by atoms with Gasteiger partial charge in [0.05, 0.1) is 82.7 Å². The third-order valence-corrected chi connectivity index (χ3v) is 11.4. The molecule has 0 bridgehead atoms. The molecule has 1 saturated heterocycles. The maximum atomic E-state index is 13.6. The van der Waals surface area contributed by atoms with Gasteiger partial charge >= 0.3 is 6.03 Å². The van der Waals surface area contributed by atoms with E-state index in [4.69, 9.17) is 33.2 Å². The number of nitrogens with zero attached hydrogens (tertiary/aromatic N) is 1. The minimum atomic E-state index is -3.67. The van der Waals surface area contributed by atoms with Gasteiger partial charge in [0.2, 0.25) is 10.0 Å². The predicted octanol–water partition coefficient (Wildman–Crippen LogP) is 4.68. The molecule has 1 aliphatic heterocycles. The number of ether oxygens (including phenoxy) is 7. The van der Waals surface area contributed by atoms with Crippen LogP contribution in [0.3, 0.4) is 0 Å². The molecular formula is C48H60N6O15S. The van der Waals surface area contributed by atoms with Crippen molar-refractivity contribution in [1.29, 1.82) is 0 Å². The second-order valence-corrected chi connectivity index (χ2v) is 18.8. The number of amides is 3. The number of nitrogens with one attached hydrogen (secondary N) is 5. The first-order chi connectivity index (χ1) is 33.4. The molecule has 5 atom stereocenters. The molecule has 0 radical (unpaired) electrons. The van der Waals surface area contributed by atoms with Crippen LogP contribution in [0.15, 0.2) is 85.1 Å². The van der Waals surface area contributed by atoms with Gasteiger partial charge in [-0.25, -0.2) is 18.2 Å². The van der Waals surface area contributed by atoms with Crippen molar-refractivity contribution in [3.8, 4) is 23.0 Å². The van der Waals surface area contributed by atoms with E-state index in [9.17, 15) is 38.4 Å². The van der Waals surface area contributed by atoms with Crippen LogP contribution in [-0.2, 0) is 34.4 Å². The number of aliphatic hydroxyl groups excluding tert-OH is 4. The van der Waals surface area contributed by atoms with Gasteiger partial charge in [0.15, 0.2) is 12.0 Å². The average molecular weight is 993 g/mol. The van der Waals surface area contributed by atoms with Gasteiger partial charge in [-0.2, -0.15) is 0 Å². The quantitative estimate of drug-likeness (QED) is 0.0426. The van der Waals surface area contributed by atoms with Crippen LogP contribution < -0.4 is 40.2 Å². The van der Waals surface area contributed by atoms with Crippen LogP contribution in [0.4, 0.5) is 33.4 Å². The van der Waals surface area contributed by atoms with E-state index in [-0.39, 0.29) is 62.6 Å². The fraction of sp³-hybridized carbons (Fsp3) is 0.396. The minimum Gasteiger partial charge on any atom is -0.496 e. The highest BCUT2D eigenvalue weighted by atomic mass is 32.2. The number of methoxy groups -OCH3 is 2. The van der Waals surface area contributed by atoms with Crippen LogP contribution in [0.2, 0.25) is 0 Å². The number of sulfonamides is 1. The summed E-state index contributed by atoms with van der Waals surface area (Å²) in [7, 11) is -0.821. The monoisotopic (exact) mass is 992 g/mol. The van der Waals surface area contributed by atoms with Crippen LogP contribution in [0, 0.1) is 0 Å². The summed E-state index contributed by atoms with van der Waals surface area (Å²) in [6.45, 7) is 6.34. The van der Waals surface area contributed by atoms with Gasteiger partial charge in [-0.1, -0.05) is 45.0 Å². The molecule has 9 N–H and O–H groups in total. The van der Waals surface area contributed by atoms with E-state index in [1.807, 2.05) is 45.0 Å². The van der Waals surface area contributed by atoms with E-state index >= 15 is 0 Å². The Labute approximate surface area is 405 Å². The summed E-state index contributed by atoms with van der Waals surface area (Å²) in [4.78, 5) is 31.0. The lowest BCUT2D eigenvalue weighted by Gasteiger charge is -2.39. The summed E-state index contributed by atoms with van der Waals surface area (Å²) < 4.78 is 66.0. The number of aliphatic hydroxyl groups is 4. The zero-order valence-corrected chi connectivity index (χ0v) is 40.4. The number of hydrogen-bond acceptors (Lipinski definition) is 17. The Hall–Kier alpha value is -6.34. The van der Waals surface area contributed by atoms with Gasteiger partial charge < -0.3 is 74.9 Å². The van der Waals surface area contributed by atoms with Gasteiger partial charge in [-0.3, -0.25) is 9.52 Å². The molecule has 378 valence electrons. The number of fused-ring (bicyclic) bond motifs is 1. The minimum absolute atomic E-state index is 0.0108. The Balaban J connectivity index is 0.998. The first-order valence-electron chi connectivity index (χ1n) is 22.1. The van der Waals surface area contributed by atoms with Crippen molar-refractivity contribution in [2.45, 2.75) is 56.9 Å². The van der Waals surface area contributed by atoms with Crippen molar-refractivity contribution in [3.63, 3.8) is 0 Å². The summed E-state index contributed by atoms with van der Waals surface area (Å²) in [5.74, 6) is 1.50. The standard InChI is InChI=1S/C48H60N6O15S/c1-48(2,3)28-23-35(44(64-5)36(24-28)54-70(6,61)62)53-47(60)52-34-13-14-37(32-10-8-7-9-31(32)34)68-30-15-16-49-40(26-30)51-29-11-12-33(38(25-29)63-4)45(59)50-17-18-65-19-20-66-21-22-67-46-43(58)42(57)41(56)39(27-55)69-46/h7-16,23-26,39,41-43,46,54-58H,17-22,27H2,1-6H3,(H,49,51)(H,50,59)(H2,52,53,60)/t39-,41+,42+,43-,46?/m1/s1. The van der Waals surface area contributed by atoms with Crippen molar-refractivity contribution < 1.29 is 71.6 Å². The molecule has 3 amide bonds. The zero-order valence-electron chi connectivity index (χ0n) is 39.6. The van der Waals surface area contributed by atoms with Crippen LogP contribution in [0.25, 0.3) is 10.8 Å². The molecule has 6 rings (SSSR count). The Morgan fingerprint density at radius 2 is 1.47 bits per heavy atom. The van der Waals surface area contributed by atoms with Gasteiger partial charge in [0.25, 0.3) is 5.91 Å². The lowest BCUT2D eigenvalue weighted by Crippen LogP contribution is -2.59. The fourth-order valence-electron chi connectivity index (χ4n) is 7.25. The lowest BCUT2D eigenvalue weighted by atomic mass is 9.86. The molecule has 1 aromatic heterocycles. The molecule has 1 fully saturated rings. The molecule has 21 nitrogen and oxygen atoms in total. The fourth-order valence-corrected chi connectivity index (χ4v) is 7.80. The van der Waals surface area contributed by atoms with Crippen molar-refractivity contribution in [1.82, 2.24) is 10.3 Å². The largest absolute Gasteiger partial charge is 0.496 e. The Morgan fingerprint density at radius 3 is 2.17 bits per heavy atom. The Morgan fingerprint density at radius 1 is 0.771 bits per heavy atom. The summed E-state index contributed by atoms with van der Waals surface area (Å²) in [5, 5.41) is 52.2. The van der Waals surface area contributed by atoms with Gasteiger partial charge in [-0.05, 0) is 53.4 Å². The number of pyridine rings is 1. The number of aromatic nitrogens is 1. The first-order valence-corrected chi connectivity index (χ1v) is 24.0. The summed E-state index contributed by atoms with van der Waals surface area (Å²) in [5.41, 5.74) is 2.20. The third kappa shape index (κ3) is 14.1. The Kier molecular flexibility index (Phi) is 18.2. The van der Waals surface area contributed by atoms with E-state index in [0.717, 1.165) is 11.8 Å². The molecule has 0 spiro atoms. The molecule has 0 saturated carbocycles. The van der Waals surface area contributed by atoms with Crippen LogP contribution in [0.5, 0.6) is 23.0 Å². The number of hydrogen-bond donors (Lipinski definition) is 9. The first kappa shape index (κ1) is 53.0.